The SMILES string of the molecule is COc1ccc(-c2nn(-c3ccccc3)cc2/C=C(\C#N)c2nc3ccccc3[nH]2)c(C)c1. The number of fused-ring (bicyclic) bond motifs is 1. The smallest absolute Gasteiger partial charge is 0.149 e. The second-order valence-electron chi connectivity index (χ2n) is 7.67. The maximum absolute atomic E-state index is 9.95. The van der Waals surface area contributed by atoms with Crippen LogP contribution < -0.4 is 4.74 Å². The Morgan fingerprint density at radius 3 is 2.58 bits per heavy atom. The average molecular weight is 431 g/mol. The number of aryl methyl sites for hydroxylation is 1. The number of hydrogen-bond donors (Lipinski definition) is 1. The molecule has 3 aromatic carbocycles. The van der Waals surface area contributed by atoms with Crippen LogP contribution in [0.2, 0.25) is 0 Å². The number of methoxy groups -OCH3 is 1. The monoisotopic (exact) mass is 431 g/mol. The topological polar surface area (TPSA) is 79.5 Å². The van der Waals surface area contributed by atoms with E-state index in [4.69, 9.17) is 9.84 Å². The van der Waals surface area contributed by atoms with E-state index >= 15 is 0 Å². The Morgan fingerprint density at radius 2 is 1.85 bits per heavy atom. The van der Waals surface area contributed by atoms with Crippen molar-refractivity contribution in [3.8, 4) is 28.8 Å². The molecule has 6 nitrogen and oxygen atoms in total. The Morgan fingerprint density at radius 1 is 1.06 bits per heavy atom. The van der Waals surface area contributed by atoms with E-state index in [0.717, 1.165) is 44.9 Å². The zero-order chi connectivity index (χ0) is 22.8. The van der Waals surface area contributed by atoms with Gasteiger partial charge in [0.05, 0.1) is 29.4 Å². The number of imidazole rings is 1. The molecule has 160 valence electrons. The third-order valence-corrected chi connectivity index (χ3v) is 5.52. The molecule has 6 heteroatoms. The molecule has 0 saturated carbocycles. The second kappa shape index (κ2) is 8.48. The summed E-state index contributed by atoms with van der Waals surface area (Å²) >= 11 is 0. The van der Waals surface area contributed by atoms with Gasteiger partial charge < -0.3 is 9.72 Å². The van der Waals surface area contributed by atoms with Gasteiger partial charge in [0.2, 0.25) is 0 Å². The van der Waals surface area contributed by atoms with E-state index in [1.165, 1.54) is 0 Å². The van der Waals surface area contributed by atoms with Gasteiger partial charge in [-0.3, -0.25) is 0 Å². The summed E-state index contributed by atoms with van der Waals surface area (Å²) in [6.07, 6.45) is 3.78. The lowest BCUT2D eigenvalue weighted by atomic mass is 10.0. The Labute approximate surface area is 191 Å². The molecule has 2 heterocycles. The molecule has 0 saturated heterocycles. The highest BCUT2D eigenvalue weighted by atomic mass is 16.5. The van der Waals surface area contributed by atoms with Crippen molar-refractivity contribution in [2.45, 2.75) is 6.92 Å². The fourth-order valence-corrected chi connectivity index (χ4v) is 3.83. The summed E-state index contributed by atoms with van der Waals surface area (Å²) < 4.78 is 7.20. The van der Waals surface area contributed by atoms with Gasteiger partial charge in [-0.05, 0) is 61.0 Å². The maximum Gasteiger partial charge on any atom is 0.149 e. The van der Waals surface area contributed by atoms with Gasteiger partial charge in [0, 0.05) is 17.3 Å². The number of nitrogens with one attached hydrogen (secondary N) is 1. The molecule has 0 atom stereocenters. The number of ether oxygens (including phenoxy) is 1. The third kappa shape index (κ3) is 3.88. The van der Waals surface area contributed by atoms with Gasteiger partial charge in [0.25, 0.3) is 0 Å². The van der Waals surface area contributed by atoms with Crippen LogP contribution in [0.1, 0.15) is 17.0 Å². The summed E-state index contributed by atoms with van der Waals surface area (Å²) in [4.78, 5) is 7.84. The van der Waals surface area contributed by atoms with Crippen molar-refractivity contribution in [1.82, 2.24) is 19.7 Å². The van der Waals surface area contributed by atoms with Crippen LogP contribution in [0.15, 0.2) is 79.0 Å². The molecule has 33 heavy (non-hydrogen) atoms. The highest BCUT2D eigenvalue weighted by molar-refractivity contribution is 5.92. The first-order chi connectivity index (χ1) is 16.2. The molecule has 0 spiro atoms. The molecule has 1 N–H and O–H groups in total. The van der Waals surface area contributed by atoms with Crippen LogP contribution in [0.4, 0.5) is 0 Å². The van der Waals surface area contributed by atoms with Gasteiger partial charge in [0.1, 0.15) is 23.3 Å². The van der Waals surface area contributed by atoms with Crippen LogP contribution >= 0.6 is 0 Å². The van der Waals surface area contributed by atoms with Crippen molar-refractivity contribution in [3.05, 3.63) is 95.9 Å². The summed E-state index contributed by atoms with van der Waals surface area (Å²) in [5.41, 5.74) is 6.69. The predicted molar refractivity (Wildman–Crippen MR) is 130 cm³/mol. The minimum Gasteiger partial charge on any atom is -0.497 e. The van der Waals surface area contributed by atoms with E-state index in [-0.39, 0.29) is 0 Å². The molecular weight excluding hydrogens is 410 g/mol. The number of aromatic amines is 1. The molecule has 0 fully saturated rings. The lowest BCUT2D eigenvalue weighted by Gasteiger charge is -2.07. The average Bonchev–Trinajstić information content (AvgIpc) is 3.47. The number of aromatic nitrogens is 4. The van der Waals surface area contributed by atoms with Gasteiger partial charge >= 0.3 is 0 Å². The predicted octanol–water partition coefficient (Wildman–Crippen LogP) is 5.80. The summed E-state index contributed by atoms with van der Waals surface area (Å²) in [7, 11) is 1.65. The second-order valence-corrected chi connectivity index (χ2v) is 7.67. The summed E-state index contributed by atoms with van der Waals surface area (Å²) in [5, 5.41) is 14.8. The van der Waals surface area contributed by atoms with Crippen molar-refractivity contribution in [2.75, 3.05) is 7.11 Å². The standard InChI is InChI=1S/C27H21N5O/c1-18-14-22(33-2)12-13-23(18)26-20(17-32(31-26)21-8-4-3-5-9-21)15-19(16-28)27-29-24-10-6-7-11-25(24)30-27/h3-15,17H,1-2H3,(H,29,30)/b19-15+. The van der Waals surface area contributed by atoms with Crippen LogP contribution in [-0.4, -0.2) is 26.9 Å². The van der Waals surface area contributed by atoms with Gasteiger partial charge in [-0.2, -0.15) is 10.4 Å². The Bertz CT molecular complexity index is 1490. The van der Waals surface area contributed by atoms with E-state index < -0.39 is 0 Å². The zero-order valence-corrected chi connectivity index (χ0v) is 18.3. The lowest BCUT2D eigenvalue weighted by molar-refractivity contribution is 0.414. The number of allylic oxidation sites excluding steroid dienone is 1. The molecule has 0 bridgehead atoms. The largest absolute Gasteiger partial charge is 0.497 e. The fraction of sp³-hybridized carbons (Fsp3) is 0.0741. The fourth-order valence-electron chi connectivity index (χ4n) is 3.83. The van der Waals surface area contributed by atoms with Crippen molar-refractivity contribution in [1.29, 1.82) is 5.26 Å². The molecule has 0 radical (unpaired) electrons. The van der Waals surface area contributed by atoms with E-state index in [9.17, 15) is 5.26 Å². The Balaban J connectivity index is 1.68. The minimum absolute atomic E-state index is 0.436. The van der Waals surface area contributed by atoms with Gasteiger partial charge in [-0.25, -0.2) is 9.67 Å². The molecule has 0 unspecified atom stereocenters. The third-order valence-electron chi connectivity index (χ3n) is 5.52. The number of rotatable bonds is 5. The van der Waals surface area contributed by atoms with Crippen molar-refractivity contribution in [3.63, 3.8) is 0 Å². The summed E-state index contributed by atoms with van der Waals surface area (Å²) in [6, 6.07) is 25.8. The summed E-state index contributed by atoms with van der Waals surface area (Å²) in [5.74, 6) is 1.32. The highest BCUT2D eigenvalue weighted by Gasteiger charge is 2.16. The van der Waals surface area contributed by atoms with Crippen LogP contribution in [0.3, 0.4) is 0 Å². The van der Waals surface area contributed by atoms with Gasteiger partial charge in [0.15, 0.2) is 0 Å². The summed E-state index contributed by atoms with van der Waals surface area (Å²) in [6.45, 7) is 2.03. The van der Waals surface area contributed by atoms with Crippen LogP contribution in [-0.2, 0) is 0 Å². The van der Waals surface area contributed by atoms with E-state index in [1.807, 2.05) is 96.7 Å². The Hall–Kier alpha value is -4.63. The minimum atomic E-state index is 0.436. The number of para-hydroxylation sites is 3. The number of benzene rings is 3. The van der Waals surface area contributed by atoms with E-state index in [1.54, 1.807) is 7.11 Å². The molecule has 0 aliphatic rings. The number of nitriles is 1. The highest BCUT2D eigenvalue weighted by Crippen LogP contribution is 2.31. The quantitative estimate of drug-likeness (QED) is 0.357. The number of H-pyrrole nitrogens is 1. The molecule has 0 aliphatic carbocycles. The molecule has 2 aromatic heterocycles. The maximum atomic E-state index is 9.95. The molecule has 5 rings (SSSR count). The van der Waals surface area contributed by atoms with Crippen molar-refractivity contribution in [2.24, 2.45) is 0 Å². The molecule has 0 aliphatic heterocycles. The van der Waals surface area contributed by atoms with Gasteiger partial charge in [-0.15, -0.1) is 0 Å². The van der Waals surface area contributed by atoms with Crippen molar-refractivity contribution >= 4 is 22.7 Å². The number of hydrogen-bond acceptors (Lipinski definition) is 4. The van der Waals surface area contributed by atoms with Crippen LogP contribution in [0, 0.1) is 18.3 Å². The first-order valence-electron chi connectivity index (χ1n) is 10.5. The first-order valence-corrected chi connectivity index (χ1v) is 10.5. The zero-order valence-electron chi connectivity index (χ0n) is 18.3. The van der Waals surface area contributed by atoms with E-state index in [0.29, 0.717) is 11.4 Å². The number of nitrogens with zero attached hydrogens (tertiary/aromatic N) is 4. The normalized spacial score (nSPS) is 11.5. The molecular formula is C27H21N5O. The van der Waals surface area contributed by atoms with E-state index in [2.05, 4.69) is 16.0 Å². The van der Waals surface area contributed by atoms with Gasteiger partial charge in [-0.1, -0.05) is 30.3 Å². The lowest BCUT2D eigenvalue weighted by Crippen LogP contribution is -1.95. The molecule has 0 amide bonds. The molecule has 5 aromatic rings. The first kappa shape index (κ1) is 20.3. The Kier molecular flexibility index (Phi) is 5.21. The van der Waals surface area contributed by atoms with Crippen LogP contribution in [0.25, 0.3) is 39.6 Å². The van der Waals surface area contributed by atoms with Crippen LogP contribution in [0.5, 0.6) is 5.75 Å². The van der Waals surface area contributed by atoms with Crippen molar-refractivity contribution < 1.29 is 4.74 Å².